The van der Waals surface area contributed by atoms with Gasteiger partial charge in [-0.05, 0) is 47.8 Å². The molecule has 0 saturated heterocycles. The van der Waals surface area contributed by atoms with E-state index >= 15 is 0 Å². The summed E-state index contributed by atoms with van der Waals surface area (Å²) >= 11 is 3.38. The van der Waals surface area contributed by atoms with Gasteiger partial charge in [-0.2, -0.15) is 0 Å². The molecule has 0 aliphatic carbocycles. The number of benzene rings is 1. The third-order valence-corrected chi connectivity index (χ3v) is 3.85. The molecule has 2 unspecified atom stereocenters. The molecule has 0 aliphatic rings. The van der Waals surface area contributed by atoms with Gasteiger partial charge >= 0.3 is 0 Å². The molecular formula is C19H24BrNO3. The Morgan fingerprint density at radius 2 is 1.88 bits per heavy atom. The number of pyridine rings is 1. The third-order valence-electron chi connectivity index (χ3n) is 3.42. The van der Waals surface area contributed by atoms with E-state index in [1.807, 2.05) is 31.2 Å². The van der Waals surface area contributed by atoms with Crippen molar-refractivity contribution in [3.05, 3.63) is 58.8 Å². The van der Waals surface area contributed by atoms with Crippen LogP contribution in [0.1, 0.15) is 25.8 Å². The molecule has 1 aromatic carbocycles. The van der Waals surface area contributed by atoms with Crippen molar-refractivity contribution in [2.45, 2.75) is 39.1 Å². The predicted octanol–water partition coefficient (Wildman–Crippen LogP) is 4.62. The van der Waals surface area contributed by atoms with Crippen LogP contribution >= 0.6 is 15.9 Å². The highest BCUT2D eigenvalue weighted by molar-refractivity contribution is 9.10. The second kappa shape index (κ2) is 10.4. The zero-order valence-electron chi connectivity index (χ0n) is 14.2. The van der Waals surface area contributed by atoms with Crippen LogP contribution in [0, 0.1) is 0 Å². The predicted molar refractivity (Wildman–Crippen MR) is 98.2 cm³/mol. The fourth-order valence-corrected chi connectivity index (χ4v) is 2.46. The molecule has 0 N–H and O–H groups in total. The zero-order chi connectivity index (χ0) is 17.2. The highest BCUT2D eigenvalue weighted by atomic mass is 79.9. The molecule has 0 fully saturated rings. The van der Waals surface area contributed by atoms with E-state index in [1.54, 1.807) is 12.4 Å². The van der Waals surface area contributed by atoms with Gasteiger partial charge in [0.1, 0.15) is 11.9 Å². The summed E-state index contributed by atoms with van der Waals surface area (Å²) in [5, 5.41) is 0. The van der Waals surface area contributed by atoms with Crippen molar-refractivity contribution in [2.24, 2.45) is 0 Å². The van der Waals surface area contributed by atoms with Crippen LogP contribution in [0.4, 0.5) is 0 Å². The van der Waals surface area contributed by atoms with Crippen LogP contribution in [0.3, 0.4) is 0 Å². The Hall–Kier alpha value is -1.43. The second-order valence-corrected chi connectivity index (χ2v) is 6.65. The summed E-state index contributed by atoms with van der Waals surface area (Å²) in [6.07, 6.45) is 4.42. The summed E-state index contributed by atoms with van der Waals surface area (Å²) in [7, 11) is 0. The molecule has 2 aromatic rings. The second-order valence-electron chi connectivity index (χ2n) is 5.74. The number of halogens is 1. The first-order valence-electron chi connectivity index (χ1n) is 8.14. The maximum absolute atomic E-state index is 5.82. The van der Waals surface area contributed by atoms with Crippen molar-refractivity contribution in [1.82, 2.24) is 4.98 Å². The van der Waals surface area contributed by atoms with Crippen LogP contribution in [0.2, 0.25) is 0 Å². The topological polar surface area (TPSA) is 40.6 Å². The molecule has 0 radical (unpaired) electrons. The number of hydrogen-bond donors (Lipinski definition) is 0. The Morgan fingerprint density at radius 3 is 2.62 bits per heavy atom. The van der Waals surface area contributed by atoms with Gasteiger partial charge in [0.15, 0.2) is 0 Å². The van der Waals surface area contributed by atoms with Crippen molar-refractivity contribution < 1.29 is 14.2 Å². The first kappa shape index (κ1) is 18.9. The van der Waals surface area contributed by atoms with Gasteiger partial charge in [-0.3, -0.25) is 4.98 Å². The quantitative estimate of drug-likeness (QED) is 0.552. The minimum Gasteiger partial charge on any atom is -0.487 e. The first-order valence-corrected chi connectivity index (χ1v) is 8.93. The molecule has 0 amide bonds. The van der Waals surface area contributed by atoms with Gasteiger partial charge in [-0.15, -0.1) is 0 Å². The van der Waals surface area contributed by atoms with Crippen LogP contribution in [-0.2, 0) is 16.1 Å². The van der Waals surface area contributed by atoms with Gasteiger partial charge in [0, 0.05) is 17.3 Å². The molecular weight excluding hydrogens is 370 g/mol. The average molecular weight is 394 g/mol. The molecule has 0 saturated carbocycles. The van der Waals surface area contributed by atoms with Gasteiger partial charge in [-0.25, -0.2) is 0 Å². The lowest BCUT2D eigenvalue weighted by Crippen LogP contribution is -2.21. The lowest BCUT2D eigenvalue weighted by Gasteiger charge is -2.16. The first-order chi connectivity index (χ1) is 11.6. The van der Waals surface area contributed by atoms with Gasteiger partial charge in [0.2, 0.25) is 0 Å². The Morgan fingerprint density at radius 1 is 1.08 bits per heavy atom. The number of nitrogens with zero attached hydrogens (tertiary/aromatic N) is 1. The summed E-state index contributed by atoms with van der Waals surface area (Å²) in [5.41, 5.74) is 1.19. The lowest BCUT2D eigenvalue weighted by atomic mass is 10.2. The zero-order valence-corrected chi connectivity index (χ0v) is 15.7. The smallest absolute Gasteiger partial charge is 0.139 e. The maximum atomic E-state index is 5.82. The van der Waals surface area contributed by atoms with Crippen LogP contribution in [0.15, 0.2) is 53.3 Å². The molecule has 2 atom stereocenters. The van der Waals surface area contributed by atoms with E-state index in [2.05, 4.69) is 40.0 Å². The maximum Gasteiger partial charge on any atom is 0.139 e. The van der Waals surface area contributed by atoms with Crippen molar-refractivity contribution in [2.75, 3.05) is 13.2 Å². The van der Waals surface area contributed by atoms with Crippen LogP contribution in [-0.4, -0.2) is 30.4 Å². The van der Waals surface area contributed by atoms with Crippen molar-refractivity contribution in [1.29, 1.82) is 0 Å². The van der Waals surface area contributed by atoms with Crippen LogP contribution in [0.25, 0.3) is 0 Å². The van der Waals surface area contributed by atoms with E-state index in [-0.39, 0.29) is 12.2 Å². The summed E-state index contributed by atoms with van der Waals surface area (Å²) < 4.78 is 18.2. The fourth-order valence-electron chi connectivity index (χ4n) is 2.12. The molecule has 130 valence electrons. The Balaban J connectivity index is 1.56. The van der Waals surface area contributed by atoms with E-state index in [9.17, 15) is 0 Å². The molecule has 0 aliphatic heterocycles. The van der Waals surface area contributed by atoms with Gasteiger partial charge in [-0.1, -0.05) is 30.3 Å². The monoisotopic (exact) mass is 393 g/mol. The molecule has 24 heavy (non-hydrogen) atoms. The summed E-state index contributed by atoms with van der Waals surface area (Å²) in [5.74, 6) is 0.736. The van der Waals surface area contributed by atoms with Gasteiger partial charge < -0.3 is 14.2 Å². The average Bonchev–Trinajstić information content (AvgIpc) is 2.58. The standard InChI is InChI=1S/C19H24BrNO3/c1-15(23-14-17-6-4-3-5-7-17)8-9-22-13-16(2)24-19-10-18(20)11-21-12-19/h3-7,10-12,15-16H,8-9,13-14H2,1-2H3. The molecule has 4 nitrogen and oxygen atoms in total. The highest BCUT2D eigenvalue weighted by Gasteiger charge is 2.07. The normalized spacial score (nSPS) is 13.5. The van der Waals surface area contributed by atoms with Crippen molar-refractivity contribution in [3.8, 4) is 5.75 Å². The van der Waals surface area contributed by atoms with E-state index in [0.717, 1.165) is 16.6 Å². The number of rotatable bonds is 10. The molecule has 2 rings (SSSR count). The SMILES string of the molecule is CC(CCOCC(C)Oc1cncc(Br)c1)OCc1ccccc1. The Kier molecular flexibility index (Phi) is 8.22. The number of aromatic nitrogens is 1. The molecule has 0 bridgehead atoms. The van der Waals surface area contributed by atoms with Gasteiger partial charge in [0.05, 0.1) is 25.5 Å². The van der Waals surface area contributed by atoms with E-state index in [0.29, 0.717) is 19.8 Å². The van der Waals surface area contributed by atoms with Gasteiger partial charge in [0.25, 0.3) is 0 Å². The summed E-state index contributed by atoms with van der Waals surface area (Å²) in [4.78, 5) is 4.07. The lowest BCUT2D eigenvalue weighted by molar-refractivity contribution is 0.00734. The number of ether oxygens (including phenoxy) is 3. The minimum absolute atomic E-state index is 0.0263. The van der Waals surface area contributed by atoms with Crippen molar-refractivity contribution >= 4 is 15.9 Å². The molecule has 0 spiro atoms. The molecule has 1 aromatic heterocycles. The third kappa shape index (κ3) is 7.43. The van der Waals surface area contributed by atoms with Crippen molar-refractivity contribution in [3.63, 3.8) is 0 Å². The summed E-state index contributed by atoms with van der Waals surface area (Å²) in [6.45, 7) is 5.88. The highest BCUT2D eigenvalue weighted by Crippen LogP contribution is 2.17. The van der Waals surface area contributed by atoms with E-state index in [1.165, 1.54) is 5.56 Å². The largest absolute Gasteiger partial charge is 0.487 e. The Labute approximate surface area is 152 Å². The van der Waals surface area contributed by atoms with E-state index < -0.39 is 0 Å². The molecule has 5 heteroatoms. The Bertz CT molecular complexity index is 594. The minimum atomic E-state index is -0.0263. The van der Waals surface area contributed by atoms with Crippen LogP contribution < -0.4 is 4.74 Å². The van der Waals surface area contributed by atoms with E-state index in [4.69, 9.17) is 14.2 Å². The number of hydrogen-bond acceptors (Lipinski definition) is 4. The summed E-state index contributed by atoms with van der Waals surface area (Å²) in [6, 6.07) is 12.1. The fraction of sp³-hybridized carbons (Fsp3) is 0.421. The van der Waals surface area contributed by atoms with Crippen LogP contribution in [0.5, 0.6) is 5.75 Å². The molecule has 1 heterocycles.